The third-order valence-electron chi connectivity index (χ3n) is 16.5. The standard InChI is InChI=1S/C50H61ClF3IN11O4/c1-5-55(2,30-14-20-64(21-15-30)37-12-9-32-40(61-63(4)42(32)39(37)52)33-10-13-38(67)58-46(33)68)66-24-18-49(19-25-66)16-22-65(23-17-49)48-56-27-35(51)45(60-48)57-31-8-11-36-34(26-31)41-43(47(69)62(36)3)70-28-50(53,54)44(59-41)29-6-7-29/h8-9,11-12,26-27,29-30,33,44,59H,5-7,10,13-25,28H2,1-4H3,(H,56,57,60)(H,58,67,68)/q-1/t33?,44-/m0/s1. The number of anilines is 5. The molecule has 1 spiro atoms. The minimum atomic E-state index is -3.14. The van der Waals surface area contributed by atoms with Crippen LogP contribution in [0.2, 0.25) is 5.02 Å². The van der Waals surface area contributed by atoms with E-state index in [9.17, 15) is 14.4 Å². The van der Waals surface area contributed by atoms with E-state index in [1.165, 1.54) is 26.5 Å². The molecule has 5 fully saturated rings. The molecule has 2 aromatic carbocycles. The Morgan fingerprint density at radius 1 is 0.929 bits per heavy atom. The molecule has 2 amide bonds. The predicted octanol–water partition coefficient (Wildman–Crippen LogP) is 4.57. The number of nitrogens with one attached hydrogen (secondary N) is 3. The van der Waals surface area contributed by atoms with Gasteiger partial charge in [0.1, 0.15) is 0 Å². The maximum absolute atomic E-state index is 16.4. The number of piperidine rings is 4. The van der Waals surface area contributed by atoms with Crippen LogP contribution in [0.1, 0.15) is 82.7 Å². The number of benzene rings is 2. The number of aromatic nitrogens is 5. The van der Waals surface area contributed by atoms with Gasteiger partial charge in [0.15, 0.2) is 6.61 Å². The molecule has 5 aliphatic heterocycles. The Hall–Kier alpha value is -4.89. The topological polar surface area (TPSA) is 155 Å². The van der Waals surface area contributed by atoms with Crippen molar-refractivity contribution in [3.05, 3.63) is 63.4 Å². The van der Waals surface area contributed by atoms with Crippen LogP contribution in [0.5, 0.6) is 5.75 Å². The summed E-state index contributed by atoms with van der Waals surface area (Å²) >= 11 is 4.31. The molecule has 0 bridgehead atoms. The third-order valence-corrected chi connectivity index (χ3v) is 29.0. The Labute approximate surface area is 414 Å². The van der Waals surface area contributed by atoms with Gasteiger partial charge in [-0.1, -0.05) is 0 Å². The summed E-state index contributed by atoms with van der Waals surface area (Å²) in [6, 6.07) is 8.03. The quantitative estimate of drug-likeness (QED) is 0.0821. The molecule has 11 rings (SSSR count). The maximum atomic E-state index is 16.4. The van der Waals surface area contributed by atoms with Gasteiger partial charge in [0.25, 0.3) is 5.56 Å². The van der Waals surface area contributed by atoms with Crippen LogP contribution >= 0.6 is 11.6 Å². The number of halogens is 5. The van der Waals surface area contributed by atoms with Gasteiger partial charge in [-0.15, -0.1) is 0 Å². The number of nitrogens with zero attached hydrogens (tertiary/aromatic N) is 8. The molecule has 70 heavy (non-hydrogen) atoms. The van der Waals surface area contributed by atoms with Gasteiger partial charge in [-0.3, -0.25) is 9.59 Å². The summed E-state index contributed by atoms with van der Waals surface area (Å²) in [4.78, 5) is 54.4. The van der Waals surface area contributed by atoms with E-state index in [1.807, 2.05) is 24.3 Å². The van der Waals surface area contributed by atoms with Crippen molar-refractivity contribution in [3.63, 3.8) is 0 Å². The van der Waals surface area contributed by atoms with Crippen molar-refractivity contribution < 1.29 is 46.2 Å². The van der Waals surface area contributed by atoms with E-state index in [4.69, 9.17) is 21.3 Å². The first kappa shape index (κ1) is 47.4. The van der Waals surface area contributed by atoms with Crippen molar-refractivity contribution in [1.82, 2.24) is 32.7 Å². The van der Waals surface area contributed by atoms with Gasteiger partial charge >= 0.3 is 293 Å². The van der Waals surface area contributed by atoms with Crippen LogP contribution in [0, 0.1) is 17.2 Å². The zero-order valence-electron chi connectivity index (χ0n) is 40.1. The number of carbonyl (C=O) groups is 2. The fraction of sp³-hybridized carbons (Fsp3) is 0.560. The molecular formula is C50H61ClF3IN11O4-. The Morgan fingerprint density at radius 3 is 2.36 bits per heavy atom. The minimum absolute atomic E-state index is 0.105. The van der Waals surface area contributed by atoms with Gasteiger partial charge in [0.2, 0.25) is 11.7 Å². The van der Waals surface area contributed by atoms with Crippen molar-refractivity contribution in [2.75, 3.05) is 75.7 Å². The number of imide groups is 1. The van der Waals surface area contributed by atoms with Crippen molar-refractivity contribution in [2.24, 2.45) is 25.4 Å². The van der Waals surface area contributed by atoms with Gasteiger partial charge in [0, 0.05) is 12.4 Å². The second-order valence-electron chi connectivity index (χ2n) is 20.5. The number of aryl methyl sites for hydroxylation is 2. The van der Waals surface area contributed by atoms with Gasteiger partial charge in [-0.2, -0.15) is 0 Å². The van der Waals surface area contributed by atoms with Gasteiger partial charge in [-0.25, -0.2) is 8.78 Å². The molecule has 0 radical (unpaired) electrons. The van der Waals surface area contributed by atoms with Crippen molar-refractivity contribution in [3.8, 4) is 5.75 Å². The molecule has 4 saturated heterocycles. The SMILES string of the molecule is CC[I-](C)(C1CCN(c2ccc3c(C4CCC(=O)NC4=O)nn(C)c3c2F)CC1)N1CCC2(CCN(c3ncc(Cl)c(Nc4ccc5c(c4)c4c(c(=O)n5C)OCC(F)(F)[C@H](C5CC5)N4)n3)CC2)CC1. The van der Waals surface area contributed by atoms with Gasteiger partial charge < -0.3 is 14.6 Å². The summed E-state index contributed by atoms with van der Waals surface area (Å²) in [7, 11) is 3.33. The van der Waals surface area contributed by atoms with Crippen molar-refractivity contribution in [2.45, 2.75) is 92.9 Å². The number of fused-ring (bicyclic) bond motifs is 4. The number of pyridine rings is 1. The van der Waals surface area contributed by atoms with E-state index < -0.39 is 48.8 Å². The summed E-state index contributed by atoms with van der Waals surface area (Å²) in [6.45, 7) is 7.01. The summed E-state index contributed by atoms with van der Waals surface area (Å²) in [5, 5.41) is 14.9. The van der Waals surface area contributed by atoms with Crippen LogP contribution in [0.3, 0.4) is 0 Å². The molecule has 15 nitrogen and oxygen atoms in total. The van der Waals surface area contributed by atoms with Crippen LogP contribution in [0.25, 0.3) is 21.8 Å². The number of rotatable bonds is 9. The fourth-order valence-corrected chi connectivity index (χ4v) is 21.4. The molecule has 3 atom stereocenters. The van der Waals surface area contributed by atoms with Crippen LogP contribution < -0.4 is 54.8 Å². The molecule has 20 heteroatoms. The first-order chi connectivity index (χ1) is 33.6. The first-order valence-corrected chi connectivity index (χ1v) is 31.0. The van der Waals surface area contributed by atoms with E-state index in [0.29, 0.717) is 78.9 Å². The molecule has 1 saturated carbocycles. The number of amides is 2. The average Bonchev–Trinajstić information content (AvgIpc) is 4.16. The number of alkyl halides is 5. The van der Waals surface area contributed by atoms with E-state index >= 15 is 13.2 Å². The van der Waals surface area contributed by atoms with Crippen LogP contribution in [-0.2, 0) is 23.7 Å². The molecule has 3 N–H and O–H groups in total. The fourth-order valence-electron chi connectivity index (χ4n) is 12.0. The van der Waals surface area contributed by atoms with Gasteiger partial charge in [-0.05, 0) is 37.0 Å². The van der Waals surface area contributed by atoms with Crippen LogP contribution in [-0.4, -0.2) is 110 Å². The van der Waals surface area contributed by atoms with E-state index in [2.05, 4.69) is 50.8 Å². The molecule has 1 aliphatic carbocycles. The third kappa shape index (κ3) is 8.32. The Balaban J connectivity index is 0.720. The molecule has 5 aromatic rings. The van der Waals surface area contributed by atoms with E-state index in [-0.39, 0.29) is 46.8 Å². The Morgan fingerprint density at radius 2 is 1.66 bits per heavy atom. The number of carbonyl (C=O) groups excluding carboxylic acids is 2. The zero-order valence-corrected chi connectivity index (χ0v) is 43.0. The van der Waals surface area contributed by atoms with Crippen molar-refractivity contribution in [1.29, 1.82) is 0 Å². The molecule has 3 aromatic heterocycles. The Kier molecular flexibility index (Phi) is 12.2. The average molecular weight is 1100 g/mol. The zero-order chi connectivity index (χ0) is 48.9. The number of hydrogen-bond acceptors (Lipinski definition) is 12. The van der Waals surface area contributed by atoms with Crippen LogP contribution in [0.15, 0.2) is 41.3 Å². The summed E-state index contributed by atoms with van der Waals surface area (Å²) in [5.41, 5.74) is 2.77. The monoisotopic (exact) mass is 1100 g/mol. The van der Waals surface area contributed by atoms with E-state index in [1.54, 1.807) is 26.4 Å². The molecule has 8 heterocycles. The molecule has 376 valence electrons. The van der Waals surface area contributed by atoms with Crippen LogP contribution in [0.4, 0.5) is 42.0 Å². The molecule has 2 unspecified atom stereocenters. The first-order valence-electron chi connectivity index (χ1n) is 24.7. The molecular weight excluding hydrogens is 1040 g/mol. The summed E-state index contributed by atoms with van der Waals surface area (Å²) in [6.07, 6.45) is 10.1. The van der Waals surface area contributed by atoms with Crippen molar-refractivity contribution >= 4 is 74.0 Å². The van der Waals surface area contributed by atoms with Gasteiger partial charge in [0.05, 0.1) is 17.2 Å². The summed E-state index contributed by atoms with van der Waals surface area (Å²) in [5.74, 6) is -3.96. The second-order valence-corrected chi connectivity index (χ2v) is 31.4. The molecule has 6 aliphatic rings. The second kappa shape index (κ2) is 18.0. The van der Waals surface area contributed by atoms with E-state index in [0.717, 1.165) is 65.0 Å². The number of ether oxygens (including phenoxy) is 1. The number of hydrogen-bond donors (Lipinski definition) is 3. The predicted molar refractivity (Wildman–Crippen MR) is 262 cm³/mol. The normalized spacial score (nSPS) is 24.4. The Bertz CT molecular complexity index is 2960. The summed E-state index contributed by atoms with van der Waals surface area (Å²) < 4.78 is 60.2.